The van der Waals surface area contributed by atoms with Gasteiger partial charge in [-0.1, -0.05) is 6.92 Å². The summed E-state index contributed by atoms with van der Waals surface area (Å²) in [6, 6.07) is 0.216. The molecule has 0 aromatic heterocycles. The molecular formula is C13H27NO3S. The molecule has 0 bridgehead atoms. The van der Waals surface area contributed by atoms with Crippen LogP contribution in [0.15, 0.2) is 0 Å². The number of ether oxygens (including phenoxy) is 1. The lowest BCUT2D eigenvalue weighted by atomic mass is 9.98. The summed E-state index contributed by atoms with van der Waals surface area (Å²) in [6.07, 6.45) is 0.344. The lowest BCUT2D eigenvalue weighted by Gasteiger charge is -2.30. The fourth-order valence-corrected chi connectivity index (χ4v) is 2.86. The van der Waals surface area contributed by atoms with Crippen LogP contribution >= 0.6 is 11.8 Å². The lowest BCUT2D eigenvalue weighted by Crippen LogP contribution is -2.53. The fourth-order valence-electron chi connectivity index (χ4n) is 1.68. The van der Waals surface area contributed by atoms with Gasteiger partial charge in [0.2, 0.25) is 0 Å². The Morgan fingerprint density at radius 3 is 2.33 bits per heavy atom. The SMILES string of the molecule is COC(=O)C(C)(CCSC(C)C(C)O)NC(C)C. The summed E-state index contributed by atoms with van der Waals surface area (Å²) in [5, 5.41) is 12.9. The molecule has 0 heterocycles. The highest BCUT2D eigenvalue weighted by molar-refractivity contribution is 7.99. The van der Waals surface area contributed by atoms with E-state index in [-0.39, 0.29) is 23.4 Å². The van der Waals surface area contributed by atoms with E-state index in [4.69, 9.17) is 4.74 Å². The number of esters is 1. The molecule has 0 aliphatic heterocycles. The Kier molecular flexibility index (Phi) is 7.90. The predicted molar refractivity (Wildman–Crippen MR) is 76.9 cm³/mol. The highest BCUT2D eigenvalue weighted by Gasteiger charge is 2.34. The molecule has 0 aliphatic rings. The quantitative estimate of drug-likeness (QED) is 0.663. The standard InChI is InChI=1S/C13H27NO3S/c1-9(2)14-13(5,12(16)17-6)7-8-18-11(4)10(3)15/h9-11,14-15H,7-8H2,1-6H3. The van der Waals surface area contributed by atoms with E-state index in [1.807, 2.05) is 27.7 Å². The van der Waals surface area contributed by atoms with Gasteiger partial charge in [-0.3, -0.25) is 10.1 Å². The average Bonchev–Trinajstić information content (AvgIpc) is 2.26. The highest BCUT2D eigenvalue weighted by atomic mass is 32.2. The van der Waals surface area contributed by atoms with Crippen molar-refractivity contribution in [2.45, 2.75) is 64.0 Å². The van der Waals surface area contributed by atoms with Crippen molar-refractivity contribution in [3.8, 4) is 0 Å². The van der Waals surface area contributed by atoms with E-state index in [9.17, 15) is 9.90 Å². The van der Waals surface area contributed by atoms with Crippen molar-refractivity contribution in [2.75, 3.05) is 12.9 Å². The van der Waals surface area contributed by atoms with Crippen LogP contribution in [0.1, 0.15) is 41.0 Å². The number of rotatable bonds is 8. The minimum atomic E-state index is -0.658. The molecular weight excluding hydrogens is 250 g/mol. The normalized spacial score (nSPS) is 18.2. The third-order valence-electron chi connectivity index (χ3n) is 2.91. The summed E-state index contributed by atoms with van der Waals surface area (Å²) in [5.41, 5.74) is -0.658. The van der Waals surface area contributed by atoms with Crippen LogP contribution in [0, 0.1) is 0 Å². The molecule has 0 fully saturated rings. The van der Waals surface area contributed by atoms with Crippen molar-refractivity contribution in [1.29, 1.82) is 0 Å². The molecule has 108 valence electrons. The summed E-state index contributed by atoms with van der Waals surface area (Å²) in [7, 11) is 1.41. The van der Waals surface area contributed by atoms with Crippen LogP contribution in [0.3, 0.4) is 0 Å². The zero-order valence-corrected chi connectivity index (χ0v) is 13.1. The van der Waals surface area contributed by atoms with Gasteiger partial charge in [-0.2, -0.15) is 11.8 Å². The zero-order chi connectivity index (χ0) is 14.3. The number of thioether (sulfide) groups is 1. The van der Waals surface area contributed by atoms with Gasteiger partial charge >= 0.3 is 5.97 Å². The Hall–Kier alpha value is -0.260. The fraction of sp³-hybridized carbons (Fsp3) is 0.923. The van der Waals surface area contributed by atoms with Gasteiger partial charge in [0.1, 0.15) is 5.54 Å². The van der Waals surface area contributed by atoms with Crippen LogP contribution in [0.2, 0.25) is 0 Å². The molecule has 2 N–H and O–H groups in total. The van der Waals surface area contributed by atoms with E-state index in [0.717, 1.165) is 5.75 Å². The van der Waals surface area contributed by atoms with Crippen molar-refractivity contribution < 1.29 is 14.6 Å². The van der Waals surface area contributed by atoms with Gasteiger partial charge in [-0.05, 0) is 39.9 Å². The van der Waals surface area contributed by atoms with E-state index in [1.165, 1.54) is 7.11 Å². The van der Waals surface area contributed by atoms with Gasteiger partial charge in [-0.25, -0.2) is 0 Å². The lowest BCUT2D eigenvalue weighted by molar-refractivity contribution is -0.148. The van der Waals surface area contributed by atoms with Gasteiger partial charge in [-0.15, -0.1) is 0 Å². The van der Waals surface area contributed by atoms with Crippen molar-refractivity contribution in [3.63, 3.8) is 0 Å². The minimum Gasteiger partial charge on any atom is -0.468 e. The van der Waals surface area contributed by atoms with Crippen molar-refractivity contribution in [1.82, 2.24) is 5.32 Å². The Labute approximate surface area is 115 Å². The van der Waals surface area contributed by atoms with Crippen LogP contribution < -0.4 is 5.32 Å². The van der Waals surface area contributed by atoms with Gasteiger partial charge in [0.25, 0.3) is 0 Å². The molecule has 0 aromatic rings. The molecule has 3 unspecified atom stereocenters. The molecule has 18 heavy (non-hydrogen) atoms. The van der Waals surface area contributed by atoms with E-state index in [2.05, 4.69) is 5.32 Å². The second-order valence-corrected chi connectivity index (χ2v) is 6.67. The molecule has 0 aliphatic carbocycles. The molecule has 0 saturated carbocycles. The summed E-state index contributed by atoms with van der Waals surface area (Å²) in [6.45, 7) is 9.65. The Morgan fingerprint density at radius 1 is 1.39 bits per heavy atom. The summed E-state index contributed by atoms with van der Waals surface area (Å²) >= 11 is 1.67. The topological polar surface area (TPSA) is 58.6 Å². The molecule has 0 spiro atoms. The number of aliphatic hydroxyl groups excluding tert-OH is 1. The minimum absolute atomic E-state index is 0.172. The summed E-state index contributed by atoms with van der Waals surface area (Å²) < 4.78 is 4.86. The Morgan fingerprint density at radius 2 is 1.94 bits per heavy atom. The Bertz CT molecular complexity index is 259. The highest BCUT2D eigenvalue weighted by Crippen LogP contribution is 2.21. The molecule has 0 radical (unpaired) electrons. The van der Waals surface area contributed by atoms with Crippen molar-refractivity contribution in [3.05, 3.63) is 0 Å². The number of carbonyl (C=O) groups is 1. The van der Waals surface area contributed by atoms with Crippen LogP contribution in [0.4, 0.5) is 0 Å². The number of hydrogen-bond donors (Lipinski definition) is 2. The van der Waals surface area contributed by atoms with Gasteiger partial charge in [0.15, 0.2) is 0 Å². The van der Waals surface area contributed by atoms with Crippen LogP contribution in [0.5, 0.6) is 0 Å². The monoisotopic (exact) mass is 277 g/mol. The Balaban J connectivity index is 4.38. The third kappa shape index (κ3) is 6.07. The maximum atomic E-state index is 11.8. The molecule has 5 heteroatoms. The number of hydrogen-bond acceptors (Lipinski definition) is 5. The molecule has 0 amide bonds. The summed E-state index contributed by atoms with van der Waals surface area (Å²) in [4.78, 5) is 11.8. The van der Waals surface area contributed by atoms with Gasteiger partial charge in [0, 0.05) is 11.3 Å². The van der Waals surface area contributed by atoms with Crippen LogP contribution in [-0.4, -0.2) is 46.9 Å². The largest absolute Gasteiger partial charge is 0.468 e. The zero-order valence-electron chi connectivity index (χ0n) is 12.3. The van der Waals surface area contributed by atoms with Crippen LogP contribution in [-0.2, 0) is 9.53 Å². The van der Waals surface area contributed by atoms with Crippen LogP contribution in [0.25, 0.3) is 0 Å². The molecule has 3 atom stereocenters. The van der Waals surface area contributed by atoms with Crippen molar-refractivity contribution in [2.24, 2.45) is 0 Å². The predicted octanol–water partition coefficient (Wildman–Crippen LogP) is 1.81. The number of methoxy groups -OCH3 is 1. The summed E-state index contributed by atoms with van der Waals surface area (Å²) in [5.74, 6) is 0.568. The van der Waals surface area contributed by atoms with Gasteiger partial charge in [0.05, 0.1) is 13.2 Å². The van der Waals surface area contributed by atoms with E-state index < -0.39 is 5.54 Å². The first kappa shape index (κ1) is 17.7. The van der Waals surface area contributed by atoms with E-state index in [0.29, 0.717) is 6.42 Å². The van der Waals surface area contributed by atoms with Gasteiger partial charge < -0.3 is 9.84 Å². The first-order chi connectivity index (χ1) is 8.23. The first-order valence-corrected chi connectivity index (χ1v) is 7.43. The molecule has 0 aromatic carbocycles. The first-order valence-electron chi connectivity index (χ1n) is 6.38. The number of nitrogens with one attached hydrogen (secondary N) is 1. The molecule has 4 nitrogen and oxygen atoms in total. The van der Waals surface area contributed by atoms with E-state index >= 15 is 0 Å². The van der Waals surface area contributed by atoms with Crippen molar-refractivity contribution >= 4 is 17.7 Å². The second kappa shape index (κ2) is 8.02. The number of carbonyl (C=O) groups excluding carboxylic acids is 1. The molecule has 0 saturated heterocycles. The second-order valence-electron chi connectivity index (χ2n) is 5.19. The maximum Gasteiger partial charge on any atom is 0.325 e. The molecule has 0 rings (SSSR count). The maximum absolute atomic E-state index is 11.8. The third-order valence-corrected chi connectivity index (χ3v) is 4.26. The number of aliphatic hydroxyl groups is 1. The van der Waals surface area contributed by atoms with E-state index in [1.54, 1.807) is 18.7 Å². The average molecular weight is 277 g/mol. The smallest absolute Gasteiger partial charge is 0.325 e.